The minimum absolute atomic E-state index is 0.0130. The van der Waals surface area contributed by atoms with Crippen molar-refractivity contribution in [1.29, 1.82) is 0 Å². The van der Waals surface area contributed by atoms with Gasteiger partial charge in [-0.2, -0.15) is 0 Å². The van der Waals surface area contributed by atoms with Crippen molar-refractivity contribution in [2.24, 2.45) is 0 Å². The lowest BCUT2D eigenvalue weighted by Gasteiger charge is -2.36. The normalized spacial score (nSPS) is 17.1. The predicted molar refractivity (Wildman–Crippen MR) is 136 cm³/mol. The molecular weight excluding hydrogens is 418 g/mol. The van der Waals surface area contributed by atoms with Crippen molar-refractivity contribution >= 4 is 5.91 Å². The maximum Gasteiger partial charge on any atom is 0.232 e. The van der Waals surface area contributed by atoms with E-state index in [0.29, 0.717) is 0 Å². The molecule has 4 aromatic rings. The Hall–Kier alpha value is -3.85. The Morgan fingerprint density at radius 3 is 1.97 bits per heavy atom. The molecule has 0 radical (unpaired) electrons. The van der Waals surface area contributed by atoms with Gasteiger partial charge in [0.15, 0.2) is 0 Å². The van der Waals surface area contributed by atoms with Gasteiger partial charge in [0.2, 0.25) is 5.91 Å². The van der Waals surface area contributed by atoms with E-state index in [1.54, 1.807) is 7.11 Å². The van der Waals surface area contributed by atoms with Gasteiger partial charge in [-0.1, -0.05) is 103 Å². The van der Waals surface area contributed by atoms with E-state index < -0.39 is 0 Å². The van der Waals surface area contributed by atoms with Crippen molar-refractivity contribution in [2.45, 2.75) is 30.7 Å². The zero-order valence-corrected chi connectivity index (χ0v) is 19.4. The molecule has 0 unspecified atom stereocenters. The third kappa shape index (κ3) is 4.34. The van der Waals surface area contributed by atoms with E-state index in [4.69, 9.17) is 4.74 Å². The van der Waals surface area contributed by atoms with Crippen molar-refractivity contribution in [2.75, 3.05) is 7.11 Å². The Bertz CT molecular complexity index is 1210. The van der Waals surface area contributed by atoms with Gasteiger partial charge in [0, 0.05) is 5.92 Å². The number of fused-ring (bicyclic) bond motifs is 1. The number of para-hydroxylation sites is 1. The van der Waals surface area contributed by atoms with Gasteiger partial charge in [-0.05, 0) is 46.7 Å². The zero-order valence-electron chi connectivity index (χ0n) is 19.4. The fourth-order valence-corrected chi connectivity index (χ4v) is 5.27. The molecule has 3 nitrogen and oxygen atoms in total. The molecule has 0 bridgehead atoms. The third-order valence-corrected chi connectivity index (χ3v) is 6.88. The first-order valence-corrected chi connectivity index (χ1v) is 11.9. The van der Waals surface area contributed by atoms with Gasteiger partial charge in [0.25, 0.3) is 0 Å². The van der Waals surface area contributed by atoms with Gasteiger partial charge in [-0.15, -0.1) is 0 Å². The SMILES string of the molecule is COc1ccccc1[C@H]1CCc2ccccc2[C@@H]1NC(=O)C(c1ccccc1)c1ccccc1. The predicted octanol–water partition coefficient (Wildman–Crippen LogP) is 6.41. The first-order chi connectivity index (χ1) is 16.8. The summed E-state index contributed by atoms with van der Waals surface area (Å²) in [5.41, 5.74) is 5.61. The second-order valence-electron chi connectivity index (χ2n) is 8.83. The van der Waals surface area contributed by atoms with Crippen LogP contribution in [0.5, 0.6) is 5.75 Å². The van der Waals surface area contributed by atoms with Gasteiger partial charge in [0.1, 0.15) is 5.75 Å². The van der Waals surface area contributed by atoms with E-state index in [1.807, 2.05) is 78.9 Å². The summed E-state index contributed by atoms with van der Waals surface area (Å²) in [6.45, 7) is 0. The number of hydrogen-bond donors (Lipinski definition) is 1. The van der Waals surface area contributed by atoms with Crippen LogP contribution in [-0.4, -0.2) is 13.0 Å². The number of carbonyl (C=O) groups is 1. The summed E-state index contributed by atoms with van der Waals surface area (Å²) >= 11 is 0. The van der Waals surface area contributed by atoms with E-state index >= 15 is 0 Å². The summed E-state index contributed by atoms with van der Waals surface area (Å²) in [6, 6.07) is 36.6. The Labute approximate surface area is 201 Å². The van der Waals surface area contributed by atoms with Crippen molar-refractivity contribution in [3.8, 4) is 5.75 Å². The van der Waals surface area contributed by atoms with Crippen molar-refractivity contribution in [3.63, 3.8) is 0 Å². The number of rotatable bonds is 6. The number of carbonyl (C=O) groups excluding carboxylic acids is 1. The van der Waals surface area contributed by atoms with Crippen LogP contribution in [0.3, 0.4) is 0 Å². The molecule has 0 saturated carbocycles. The maximum atomic E-state index is 14.0. The molecule has 1 aliphatic carbocycles. The van der Waals surface area contributed by atoms with Crippen LogP contribution in [0.1, 0.15) is 52.1 Å². The molecule has 170 valence electrons. The first-order valence-electron chi connectivity index (χ1n) is 11.9. The summed E-state index contributed by atoms with van der Waals surface area (Å²) < 4.78 is 5.71. The Kier molecular flexibility index (Phi) is 6.44. The standard InChI is InChI=1S/C31H29NO2/c1-34-28-19-11-10-18-26(28)27-21-20-22-12-8-9-17-25(22)30(27)32-31(33)29(23-13-4-2-5-14-23)24-15-6-3-7-16-24/h2-19,27,29-30H,20-21H2,1H3,(H,32,33)/t27-,30+/m1/s1. The molecule has 1 N–H and O–H groups in total. The quantitative estimate of drug-likeness (QED) is 0.371. The summed E-state index contributed by atoms with van der Waals surface area (Å²) in [4.78, 5) is 14.0. The molecule has 2 atom stereocenters. The lowest BCUT2D eigenvalue weighted by Crippen LogP contribution is -2.38. The monoisotopic (exact) mass is 447 g/mol. The van der Waals surface area contributed by atoms with Crippen LogP contribution in [0.15, 0.2) is 109 Å². The molecule has 0 aromatic heterocycles. The highest BCUT2D eigenvalue weighted by Crippen LogP contribution is 2.44. The summed E-state index contributed by atoms with van der Waals surface area (Å²) in [5, 5.41) is 3.48. The minimum atomic E-state index is -0.380. The smallest absolute Gasteiger partial charge is 0.232 e. The highest BCUT2D eigenvalue weighted by Gasteiger charge is 2.35. The van der Waals surface area contributed by atoms with Crippen LogP contribution in [0.25, 0.3) is 0 Å². The van der Waals surface area contributed by atoms with E-state index in [0.717, 1.165) is 35.3 Å². The molecule has 0 aliphatic heterocycles. The molecule has 0 heterocycles. The molecule has 4 aromatic carbocycles. The first kappa shape index (κ1) is 22.0. The number of methoxy groups -OCH3 is 1. The molecule has 0 fully saturated rings. The number of amides is 1. The van der Waals surface area contributed by atoms with Crippen LogP contribution in [-0.2, 0) is 11.2 Å². The van der Waals surface area contributed by atoms with E-state index in [-0.39, 0.29) is 23.8 Å². The van der Waals surface area contributed by atoms with Gasteiger partial charge < -0.3 is 10.1 Å². The van der Waals surface area contributed by atoms with Gasteiger partial charge >= 0.3 is 0 Å². The van der Waals surface area contributed by atoms with Crippen molar-refractivity contribution in [1.82, 2.24) is 5.32 Å². The number of ether oxygens (including phenoxy) is 1. The Morgan fingerprint density at radius 2 is 1.32 bits per heavy atom. The van der Waals surface area contributed by atoms with Crippen LogP contribution in [0, 0.1) is 0 Å². The molecule has 0 saturated heterocycles. The van der Waals surface area contributed by atoms with Crippen molar-refractivity contribution in [3.05, 3.63) is 137 Å². The second-order valence-corrected chi connectivity index (χ2v) is 8.83. The van der Waals surface area contributed by atoms with Gasteiger partial charge in [-0.3, -0.25) is 4.79 Å². The Morgan fingerprint density at radius 1 is 0.765 bits per heavy atom. The van der Waals surface area contributed by atoms with E-state index in [1.165, 1.54) is 11.1 Å². The molecule has 34 heavy (non-hydrogen) atoms. The van der Waals surface area contributed by atoms with Crippen LogP contribution in [0.4, 0.5) is 0 Å². The molecule has 1 amide bonds. The topological polar surface area (TPSA) is 38.3 Å². The highest BCUT2D eigenvalue weighted by molar-refractivity contribution is 5.87. The second kappa shape index (κ2) is 9.96. The molecule has 3 heteroatoms. The largest absolute Gasteiger partial charge is 0.496 e. The van der Waals surface area contributed by atoms with Crippen LogP contribution < -0.4 is 10.1 Å². The summed E-state index contributed by atoms with van der Waals surface area (Å²) in [7, 11) is 1.71. The zero-order chi connectivity index (χ0) is 23.3. The van der Waals surface area contributed by atoms with E-state index in [2.05, 4.69) is 35.6 Å². The van der Waals surface area contributed by atoms with Gasteiger partial charge in [0.05, 0.1) is 19.1 Å². The summed E-state index contributed by atoms with van der Waals surface area (Å²) in [5.74, 6) is 0.629. The number of hydrogen-bond acceptors (Lipinski definition) is 2. The fourth-order valence-electron chi connectivity index (χ4n) is 5.27. The number of benzene rings is 4. The van der Waals surface area contributed by atoms with Crippen LogP contribution in [0.2, 0.25) is 0 Å². The maximum absolute atomic E-state index is 14.0. The fraction of sp³-hybridized carbons (Fsp3) is 0.194. The molecular formula is C31H29NO2. The molecule has 0 spiro atoms. The third-order valence-electron chi connectivity index (χ3n) is 6.88. The number of nitrogens with one attached hydrogen (secondary N) is 1. The lowest BCUT2D eigenvalue weighted by molar-refractivity contribution is -0.122. The lowest BCUT2D eigenvalue weighted by atomic mass is 9.75. The van der Waals surface area contributed by atoms with E-state index in [9.17, 15) is 4.79 Å². The number of aryl methyl sites for hydroxylation is 1. The molecule has 5 rings (SSSR count). The summed E-state index contributed by atoms with van der Waals surface area (Å²) in [6.07, 6.45) is 1.93. The van der Waals surface area contributed by atoms with Crippen LogP contribution >= 0.6 is 0 Å². The van der Waals surface area contributed by atoms with Gasteiger partial charge in [-0.25, -0.2) is 0 Å². The average molecular weight is 448 g/mol. The average Bonchev–Trinajstić information content (AvgIpc) is 2.90. The molecule has 1 aliphatic rings. The minimum Gasteiger partial charge on any atom is -0.496 e. The highest BCUT2D eigenvalue weighted by atomic mass is 16.5. The van der Waals surface area contributed by atoms with Crippen molar-refractivity contribution < 1.29 is 9.53 Å². The Balaban J connectivity index is 1.56.